The van der Waals surface area contributed by atoms with Crippen molar-refractivity contribution in [3.63, 3.8) is 0 Å². The topological polar surface area (TPSA) is 44.8 Å². The Bertz CT molecular complexity index is 703. The maximum absolute atomic E-state index is 12.2. The van der Waals surface area contributed by atoms with Crippen LogP contribution in [0.5, 0.6) is 17.2 Å². The maximum atomic E-state index is 12.2. The fourth-order valence-corrected chi connectivity index (χ4v) is 2.39. The van der Waals surface area contributed by atoms with E-state index in [9.17, 15) is 4.79 Å². The van der Waals surface area contributed by atoms with Crippen LogP contribution in [0.1, 0.15) is 11.1 Å². The average molecular weight is 319 g/mol. The molecule has 114 valence electrons. The fourth-order valence-electron chi connectivity index (χ4n) is 2.28. The molecule has 2 aromatic rings. The zero-order valence-electron chi connectivity index (χ0n) is 12.3. The van der Waals surface area contributed by atoms with Gasteiger partial charge in [-0.15, -0.1) is 0 Å². The summed E-state index contributed by atoms with van der Waals surface area (Å²) < 4.78 is 16.5. The largest absolute Gasteiger partial charge is 0.485 e. The molecule has 0 bridgehead atoms. The van der Waals surface area contributed by atoms with E-state index in [1.54, 1.807) is 24.3 Å². The molecule has 0 amide bonds. The summed E-state index contributed by atoms with van der Waals surface area (Å²) >= 11 is 6.11. The van der Waals surface area contributed by atoms with E-state index in [1.165, 1.54) is 0 Å². The molecular formula is C17H15ClO4. The Labute approximate surface area is 133 Å². The maximum Gasteiger partial charge on any atom is 0.356 e. The van der Waals surface area contributed by atoms with Crippen LogP contribution in [0.2, 0.25) is 5.02 Å². The lowest BCUT2D eigenvalue weighted by Crippen LogP contribution is -2.39. The highest BCUT2D eigenvalue weighted by Crippen LogP contribution is 2.31. The molecule has 2 aromatic carbocycles. The summed E-state index contributed by atoms with van der Waals surface area (Å²) in [4.78, 5) is 12.2. The number of aryl methyl sites for hydroxylation is 2. The van der Waals surface area contributed by atoms with Gasteiger partial charge in [-0.05, 0) is 49.2 Å². The number of hydrogen-bond donors (Lipinski definition) is 0. The van der Waals surface area contributed by atoms with E-state index in [-0.39, 0.29) is 6.61 Å². The Balaban J connectivity index is 1.73. The number of benzene rings is 2. The van der Waals surface area contributed by atoms with Crippen LogP contribution in [0, 0.1) is 13.8 Å². The van der Waals surface area contributed by atoms with Crippen LogP contribution in [-0.4, -0.2) is 18.7 Å². The van der Waals surface area contributed by atoms with E-state index < -0.39 is 12.1 Å². The van der Waals surface area contributed by atoms with Crippen LogP contribution in [0.4, 0.5) is 0 Å². The van der Waals surface area contributed by atoms with Crippen molar-refractivity contribution in [2.75, 3.05) is 6.61 Å². The smallest absolute Gasteiger partial charge is 0.356 e. The van der Waals surface area contributed by atoms with Crippen molar-refractivity contribution in [3.05, 3.63) is 52.5 Å². The molecule has 1 aliphatic rings. The molecule has 5 heteroatoms. The Kier molecular flexibility index (Phi) is 3.94. The molecule has 0 radical (unpaired) electrons. The van der Waals surface area contributed by atoms with Gasteiger partial charge in [0.05, 0.1) is 0 Å². The number of ether oxygens (including phenoxy) is 3. The van der Waals surface area contributed by atoms with Gasteiger partial charge in [0.1, 0.15) is 12.4 Å². The van der Waals surface area contributed by atoms with Gasteiger partial charge >= 0.3 is 5.97 Å². The molecule has 0 saturated carbocycles. The van der Waals surface area contributed by atoms with Gasteiger partial charge in [-0.25, -0.2) is 4.79 Å². The molecule has 3 rings (SSSR count). The van der Waals surface area contributed by atoms with E-state index in [4.69, 9.17) is 25.8 Å². The first-order chi connectivity index (χ1) is 10.5. The van der Waals surface area contributed by atoms with E-state index in [1.807, 2.05) is 26.0 Å². The minimum Gasteiger partial charge on any atom is -0.485 e. The van der Waals surface area contributed by atoms with Crippen LogP contribution < -0.4 is 14.2 Å². The molecule has 1 aliphatic heterocycles. The fraction of sp³-hybridized carbons (Fsp3) is 0.235. The second-order valence-corrected chi connectivity index (χ2v) is 5.53. The quantitative estimate of drug-likeness (QED) is 0.625. The molecule has 0 spiro atoms. The van der Waals surface area contributed by atoms with Crippen molar-refractivity contribution < 1.29 is 19.0 Å². The number of carbonyl (C=O) groups is 1. The number of halogens is 1. The molecule has 0 N–H and O–H groups in total. The van der Waals surface area contributed by atoms with E-state index >= 15 is 0 Å². The first-order valence-corrected chi connectivity index (χ1v) is 7.29. The summed E-state index contributed by atoms with van der Waals surface area (Å²) in [5, 5.41) is 0.672. The zero-order chi connectivity index (χ0) is 15.7. The van der Waals surface area contributed by atoms with Gasteiger partial charge in [0.2, 0.25) is 6.10 Å². The Morgan fingerprint density at radius 3 is 2.50 bits per heavy atom. The van der Waals surface area contributed by atoms with E-state index in [2.05, 4.69) is 0 Å². The van der Waals surface area contributed by atoms with Gasteiger partial charge in [0, 0.05) is 5.02 Å². The molecule has 0 aromatic heterocycles. The van der Waals surface area contributed by atoms with E-state index in [0.29, 0.717) is 22.3 Å². The van der Waals surface area contributed by atoms with Crippen molar-refractivity contribution in [2.45, 2.75) is 20.0 Å². The molecule has 0 fully saturated rings. The molecule has 0 saturated heterocycles. The third-order valence-electron chi connectivity index (χ3n) is 3.40. The zero-order valence-corrected chi connectivity index (χ0v) is 13.0. The number of hydrogen-bond acceptors (Lipinski definition) is 4. The highest BCUT2D eigenvalue weighted by atomic mass is 35.5. The third kappa shape index (κ3) is 2.88. The second-order valence-electron chi connectivity index (χ2n) is 5.16. The number of esters is 1. The van der Waals surface area contributed by atoms with Crippen molar-refractivity contribution in [2.24, 2.45) is 0 Å². The Morgan fingerprint density at radius 1 is 1.18 bits per heavy atom. The lowest BCUT2D eigenvalue weighted by Gasteiger charge is -2.25. The molecule has 0 unspecified atom stereocenters. The predicted molar refractivity (Wildman–Crippen MR) is 82.9 cm³/mol. The molecule has 4 nitrogen and oxygen atoms in total. The van der Waals surface area contributed by atoms with Crippen molar-refractivity contribution in [1.82, 2.24) is 0 Å². The van der Waals surface area contributed by atoms with Crippen molar-refractivity contribution in [3.8, 4) is 17.2 Å². The predicted octanol–water partition coefficient (Wildman–Crippen LogP) is 3.70. The highest BCUT2D eigenvalue weighted by Gasteiger charge is 2.29. The number of para-hydroxylation sites is 2. The minimum atomic E-state index is -0.786. The normalized spacial score (nSPS) is 16.2. The summed E-state index contributed by atoms with van der Waals surface area (Å²) in [6.45, 7) is 3.85. The monoisotopic (exact) mass is 318 g/mol. The van der Waals surface area contributed by atoms with Gasteiger partial charge in [-0.3, -0.25) is 0 Å². The SMILES string of the molecule is Cc1cc(OC(=O)[C@@H]2COc3ccccc3O2)cc(C)c1Cl. The van der Waals surface area contributed by atoms with Gasteiger partial charge in [-0.2, -0.15) is 0 Å². The molecular weight excluding hydrogens is 304 g/mol. The molecule has 1 atom stereocenters. The lowest BCUT2D eigenvalue weighted by molar-refractivity contribution is -0.144. The summed E-state index contributed by atoms with van der Waals surface area (Å²) in [6, 6.07) is 10.7. The van der Waals surface area contributed by atoms with Crippen molar-refractivity contribution >= 4 is 17.6 Å². The number of fused-ring (bicyclic) bond motifs is 1. The van der Waals surface area contributed by atoms with Crippen LogP contribution in [0.25, 0.3) is 0 Å². The first kappa shape index (κ1) is 14.7. The van der Waals surface area contributed by atoms with E-state index in [0.717, 1.165) is 11.1 Å². The minimum absolute atomic E-state index is 0.126. The Morgan fingerprint density at radius 2 is 1.82 bits per heavy atom. The van der Waals surface area contributed by atoms with Crippen LogP contribution in [0.15, 0.2) is 36.4 Å². The van der Waals surface area contributed by atoms with Gasteiger partial charge in [0.15, 0.2) is 11.5 Å². The van der Waals surface area contributed by atoms with Gasteiger partial charge in [-0.1, -0.05) is 23.7 Å². The summed E-state index contributed by atoms with van der Waals surface area (Å²) in [5.74, 6) is 1.13. The second kappa shape index (κ2) is 5.89. The summed E-state index contributed by atoms with van der Waals surface area (Å²) in [5.41, 5.74) is 1.71. The lowest BCUT2D eigenvalue weighted by atomic mass is 10.1. The molecule has 22 heavy (non-hydrogen) atoms. The van der Waals surface area contributed by atoms with Gasteiger partial charge in [0.25, 0.3) is 0 Å². The van der Waals surface area contributed by atoms with Crippen LogP contribution >= 0.6 is 11.6 Å². The highest BCUT2D eigenvalue weighted by molar-refractivity contribution is 6.32. The van der Waals surface area contributed by atoms with Crippen LogP contribution in [0.3, 0.4) is 0 Å². The summed E-state index contributed by atoms with van der Waals surface area (Å²) in [7, 11) is 0. The first-order valence-electron chi connectivity index (χ1n) is 6.91. The third-order valence-corrected chi connectivity index (χ3v) is 4.00. The van der Waals surface area contributed by atoms with Gasteiger partial charge < -0.3 is 14.2 Å². The van der Waals surface area contributed by atoms with Crippen molar-refractivity contribution in [1.29, 1.82) is 0 Å². The Hall–Kier alpha value is -2.20. The summed E-state index contributed by atoms with van der Waals surface area (Å²) in [6.07, 6.45) is -0.786. The average Bonchev–Trinajstić information content (AvgIpc) is 2.52. The number of rotatable bonds is 2. The number of carbonyl (C=O) groups excluding carboxylic acids is 1. The molecule has 0 aliphatic carbocycles. The standard InChI is InChI=1S/C17H15ClO4/c1-10-7-12(8-11(2)16(10)18)21-17(19)15-9-20-13-5-3-4-6-14(13)22-15/h3-8,15H,9H2,1-2H3/t15-/m0/s1. The molecule has 1 heterocycles. The van der Waals surface area contributed by atoms with Crippen LogP contribution in [-0.2, 0) is 4.79 Å².